The van der Waals surface area contributed by atoms with Crippen LogP contribution in [0.15, 0.2) is 65.8 Å². The molecule has 3 rings (SSSR count). The van der Waals surface area contributed by atoms with E-state index in [9.17, 15) is 9.90 Å². The molecule has 136 valence electrons. The molecule has 0 radical (unpaired) electrons. The number of ether oxygens (including phenoxy) is 1. The van der Waals surface area contributed by atoms with Crippen molar-refractivity contribution in [3.8, 4) is 5.75 Å². The van der Waals surface area contributed by atoms with Gasteiger partial charge in [0.05, 0.1) is 18.9 Å². The first kappa shape index (κ1) is 18.3. The van der Waals surface area contributed by atoms with Crippen LogP contribution >= 0.6 is 12.2 Å². The third-order valence-corrected chi connectivity index (χ3v) is 4.06. The fraction of sp³-hybridized carbons (Fsp3) is 0.0500. The number of methoxy groups -OCH3 is 1. The Kier molecular flexibility index (Phi) is 5.63. The fourth-order valence-corrected chi connectivity index (χ4v) is 2.67. The van der Waals surface area contributed by atoms with Gasteiger partial charge in [-0.3, -0.25) is 5.43 Å². The minimum atomic E-state index is -0.401. The zero-order valence-corrected chi connectivity index (χ0v) is 15.3. The van der Waals surface area contributed by atoms with Gasteiger partial charge in [0.25, 0.3) is 0 Å². The number of anilines is 1. The van der Waals surface area contributed by atoms with Crippen molar-refractivity contribution in [1.82, 2.24) is 5.43 Å². The van der Waals surface area contributed by atoms with Crippen molar-refractivity contribution >= 4 is 46.0 Å². The molecule has 0 aliphatic heterocycles. The Morgan fingerprint density at radius 2 is 1.85 bits per heavy atom. The van der Waals surface area contributed by atoms with Crippen LogP contribution in [0.2, 0.25) is 0 Å². The van der Waals surface area contributed by atoms with Gasteiger partial charge < -0.3 is 15.2 Å². The number of benzene rings is 3. The fourth-order valence-electron chi connectivity index (χ4n) is 2.50. The minimum absolute atomic E-state index is 0.163. The Morgan fingerprint density at radius 3 is 2.59 bits per heavy atom. The molecule has 0 aliphatic carbocycles. The molecule has 0 saturated carbocycles. The monoisotopic (exact) mass is 379 g/mol. The van der Waals surface area contributed by atoms with Crippen LogP contribution in [0, 0.1) is 0 Å². The first-order valence-electron chi connectivity index (χ1n) is 8.07. The number of carbonyl (C=O) groups excluding carboxylic acids is 1. The number of thiocarbonyl (C=S) groups is 1. The van der Waals surface area contributed by atoms with Crippen LogP contribution in [-0.4, -0.2) is 29.5 Å². The Morgan fingerprint density at radius 1 is 1.11 bits per heavy atom. The van der Waals surface area contributed by atoms with Gasteiger partial charge in [-0.25, -0.2) is 4.79 Å². The van der Waals surface area contributed by atoms with E-state index in [0.717, 1.165) is 10.8 Å². The van der Waals surface area contributed by atoms with Crippen molar-refractivity contribution in [3.05, 3.63) is 71.8 Å². The molecule has 0 aromatic heterocycles. The second-order valence-corrected chi connectivity index (χ2v) is 6.03. The molecule has 0 saturated heterocycles. The lowest BCUT2D eigenvalue weighted by molar-refractivity contribution is 0.0601. The summed E-state index contributed by atoms with van der Waals surface area (Å²) in [6, 6.07) is 17.9. The maximum absolute atomic E-state index is 11.4. The number of phenolic OH excluding ortho intramolecular Hbond substituents is 1. The van der Waals surface area contributed by atoms with Crippen molar-refractivity contribution < 1.29 is 14.6 Å². The number of aromatic hydroxyl groups is 1. The third-order valence-electron chi connectivity index (χ3n) is 3.87. The number of nitrogens with zero attached hydrogens (tertiary/aromatic N) is 1. The van der Waals surface area contributed by atoms with Crippen LogP contribution in [0.4, 0.5) is 5.69 Å². The van der Waals surface area contributed by atoms with E-state index in [-0.39, 0.29) is 10.9 Å². The van der Waals surface area contributed by atoms with E-state index >= 15 is 0 Å². The highest BCUT2D eigenvalue weighted by Crippen LogP contribution is 2.27. The summed E-state index contributed by atoms with van der Waals surface area (Å²) < 4.78 is 4.65. The number of hydrazone groups is 1. The van der Waals surface area contributed by atoms with Crippen LogP contribution in [0.25, 0.3) is 10.8 Å². The SMILES string of the molecule is COC(=O)c1ccc(NC(=S)N/N=C\c2ccc3ccccc3c2O)cc1. The highest BCUT2D eigenvalue weighted by atomic mass is 32.1. The Labute approximate surface area is 161 Å². The summed E-state index contributed by atoms with van der Waals surface area (Å²) in [5.74, 6) is -0.238. The molecule has 0 fully saturated rings. The summed E-state index contributed by atoms with van der Waals surface area (Å²) >= 11 is 5.18. The van der Waals surface area contributed by atoms with Crippen LogP contribution < -0.4 is 10.7 Å². The number of carbonyl (C=O) groups is 1. The summed E-state index contributed by atoms with van der Waals surface area (Å²) in [7, 11) is 1.33. The molecule has 3 aromatic rings. The van der Waals surface area contributed by atoms with E-state index in [1.165, 1.54) is 13.3 Å². The number of rotatable bonds is 4. The van der Waals surface area contributed by atoms with E-state index in [4.69, 9.17) is 12.2 Å². The van der Waals surface area contributed by atoms with E-state index in [0.29, 0.717) is 16.8 Å². The van der Waals surface area contributed by atoms with E-state index < -0.39 is 5.97 Å². The molecule has 0 atom stereocenters. The zero-order chi connectivity index (χ0) is 19.2. The first-order chi connectivity index (χ1) is 13.1. The number of nitrogens with one attached hydrogen (secondary N) is 2. The first-order valence-corrected chi connectivity index (χ1v) is 8.48. The number of fused-ring (bicyclic) bond motifs is 1. The summed E-state index contributed by atoms with van der Waals surface area (Å²) in [5, 5.41) is 19.3. The van der Waals surface area contributed by atoms with Gasteiger partial charge in [-0.05, 0) is 47.9 Å². The predicted octanol–water partition coefficient (Wildman–Crippen LogP) is 3.65. The molecule has 0 aliphatic rings. The van der Waals surface area contributed by atoms with Gasteiger partial charge in [0.1, 0.15) is 5.75 Å². The minimum Gasteiger partial charge on any atom is -0.507 e. The van der Waals surface area contributed by atoms with E-state index in [2.05, 4.69) is 20.6 Å². The lowest BCUT2D eigenvalue weighted by Gasteiger charge is -2.08. The van der Waals surface area contributed by atoms with Gasteiger partial charge in [0, 0.05) is 16.6 Å². The number of phenols is 1. The summed E-state index contributed by atoms with van der Waals surface area (Å²) in [6.07, 6.45) is 1.50. The molecule has 0 spiro atoms. The maximum atomic E-state index is 11.4. The number of hydrogen-bond acceptors (Lipinski definition) is 5. The van der Waals surface area contributed by atoms with Crippen molar-refractivity contribution in [2.45, 2.75) is 0 Å². The highest BCUT2D eigenvalue weighted by Gasteiger charge is 2.05. The van der Waals surface area contributed by atoms with Gasteiger partial charge in [-0.1, -0.05) is 30.3 Å². The number of hydrogen-bond donors (Lipinski definition) is 3. The normalized spacial score (nSPS) is 10.7. The van der Waals surface area contributed by atoms with Gasteiger partial charge >= 0.3 is 5.97 Å². The highest BCUT2D eigenvalue weighted by molar-refractivity contribution is 7.80. The van der Waals surface area contributed by atoms with Crippen molar-refractivity contribution in [2.24, 2.45) is 5.10 Å². The molecule has 6 nitrogen and oxygen atoms in total. The van der Waals surface area contributed by atoms with E-state index in [1.807, 2.05) is 30.3 Å². The third kappa shape index (κ3) is 4.39. The smallest absolute Gasteiger partial charge is 0.337 e. The average Bonchev–Trinajstić information content (AvgIpc) is 2.70. The Hall–Kier alpha value is -3.45. The summed E-state index contributed by atoms with van der Waals surface area (Å²) in [4.78, 5) is 11.4. The van der Waals surface area contributed by atoms with Crippen molar-refractivity contribution in [2.75, 3.05) is 12.4 Å². The molecule has 3 N–H and O–H groups in total. The molecular formula is C20H17N3O3S. The lowest BCUT2D eigenvalue weighted by Crippen LogP contribution is -2.23. The van der Waals surface area contributed by atoms with Gasteiger partial charge in [0.2, 0.25) is 0 Å². The molecule has 7 heteroatoms. The maximum Gasteiger partial charge on any atom is 0.337 e. The lowest BCUT2D eigenvalue weighted by atomic mass is 10.1. The largest absolute Gasteiger partial charge is 0.507 e. The van der Waals surface area contributed by atoms with Crippen LogP contribution in [0.1, 0.15) is 15.9 Å². The van der Waals surface area contributed by atoms with Crippen molar-refractivity contribution in [1.29, 1.82) is 0 Å². The van der Waals surface area contributed by atoms with Gasteiger partial charge in [-0.15, -0.1) is 0 Å². The molecule has 27 heavy (non-hydrogen) atoms. The standard InChI is InChI=1S/C20H17N3O3S/c1-26-19(25)14-8-10-16(11-9-14)22-20(27)23-21-12-15-7-6-13-4-2-3-5-17(13)18(15)24/h2-12,24H,1H3,(H2,22,23,27)/b21-12-. The van der Waals surface area contributed by atoms with Crippen molar-refractivity contribution in [3.63, 3.8) is 0 Å². The zero-order valence-electron chi connectivity index (χ0n) is 14.5. The summed E-state index contributed by atoms with van der Waals surface area (Å²) in [6.45, 7) is 0. The molecular weight excluding hydrogens is 362 g/mol. The molecule has 0 heterocycles. The molecule has 0 bridgehead atoms. The van der Waals surface area contributed by atoms with Crippen LogP contribution in [0.5, 0.6) is 5.75 Å². The molecule has 0 amide bonds. The Balaban J connectivity index is 1.62. The average molecular weight is 379 g/mol. The summed E-state index contributed by atoms with van der Waals surface area (Å²) in [5.41, 5.74) is 4.41. The van der Waals surface area contributed by atoms with Crippen LogP contribution in [-0.2, 0) is 4.74 Å². The second-order valence-electron chi connectivity index (χ2n) is 5.62. The second kappa shape index (κ2) is 8.29. The molecule has 0 unspecified atom stereocenters. The van der Waals surface area contributed by atoms with Gasteiger partial charge in [-0.2, -0.15) is 5.10 Å². The Bertz CT molecular complexity index is 1020. The van der Waals surface area contributed by atoms with Gasteiger partial charge in [0.15, 0.2) is 5.11 Å². The van der Waals surface area contributed by atoms with Crippen LogP contribution in [0.3, 0.4) is 0 Å². The quantitative estimate of drug-likeness (QED) is 0.278. The topological polar surface area (TPSA) is 83.0 Å². The van der Waals surface area contributed by atoms with E-state index in [1.54, 1.807) is 30.3 Å². The number of esters is 1. The predicted molar refractivity (Wildman–Crippen MR) is 110 cm³/mol. The molecule has 3 aromatic carbocycles.